The molecule has 1 amide bonds. The molecule has 1 aromatic heterocycles. The van der Waals surface area contributed by atoms with Crippen molar-refractivity contribution in [3.05, 3.63) is 30.1 Å². The molecule has 1 fully saturated rings. The number of hydrogen-bond donors (Lipinski definition) is 0. The topological polar surface area (TPSA) is 36.4 Å². The summed E-state index contributed by atoms with van der Waals surface area (Å²) in [5.41, 5.74) is 1.14. The van der Waals surface area contributed by atoms with E-state index in [9.17, 15) is 4.79 Å². The molecule has 2 rings (SSSR count). The number of aromatic nitrogens is 1. The van der Waals surface area contributed by atoms with Crippen LogP contribution in [0, 0.1) is 0 Å². The van der Waals surface area contributed by atoms with Gasteiger partial charge in [-0.1, -0.05) is 51.5 Å². The zero-order valence-corrected chi connectivity index (χ0v) is 16.8. The molecule has 0 N–H and O–H groups in total. The molecule has 0 radical (unpaired) electrons. The number of unbranched alkanes of at least 4 members (excludes halogenated alkanes) is 5. The molecule has 25 heavy (non-hydrogen) atoms. The van der Waals surface area contributed by atoms with E-state index >= 15 is 0 Å². The first-order valence-corrected chi connectivity index (χ1v) is 10.6. The zero-order chi connectivity index (χ0) is 18.1. The van der Waals surface area contributed by atoms with Crippen molar-refractivity contribution in [2.24, 2.45) is 0 Å². The number of thioether (sulfide) groups is 1. The van der Waals surface area contributed by atoms with Crippen molar-refractivity contribution in [1.82, 2.24) is 14.8 Å². The van der Waals surface area contributed by atoms with Gasteiger partial charge in [-0.25, -0.2) is 0 Å². The SMILES string of the molecule is CCCCCCCC[C@@H]1S[C@@H](c2cccnc2)N(CCN(C)C)C1=O. The lowest BCUT2D eigenvalue weighted by atomic mass is 10.1. The summed E-state index contributed by atoms with van der Waals surface area (Å²) in [7, 11) is 4.11. The lowest BCUT2D eigenvalue weighted by molar-refractivity contribution is -0.130. The largest absolute Gasteiger partial charge is 0.324 e. The summed E-state index contributed by atoms with van der Waals surface area (Å²) in [6, 6.07) is 4.05. The Balaban J connectivity index is 1.92. The fourth-order valence-corrected chi connectivity index (χ4v) is 4.72. The van der Waals surface area contributed by atoms with Crippen LogP contribution in [0.15, 0.2) is 24.5 Å². The monoisotopic (exact) mass is 363 g/mol. The second-order valence-corrected chi connectivity index (χ2v) is 8.44. The molecule has 2 atom stereocenters. The Morgan fingerprint density at radius 2 is 1.96 bits per heavy atom. The molecule has 0 aromatic carbocycles. The van der Waals surface area contributed by atoms with Crippen molar-refractivity contribution in [3.8, 4) is 0 Å². The maximum absolute atomic E-state index is 12.9. The highest BCUT2D eigenvalue weighted by atomic mass is 32.2. The first kappa shape index (κ1) is 20.2. The molecular formula is C20H33N3OS. The predicted molar refractivity (Wildman–Crippen MR) is 107 cm³/mol. The second kappa shape index (κ2) is 10.8. The maximum atomic E-state index is 12.9. The van der Waals surface area contributed by atoms with Crippen LogP contribution in [0.5, 0.6) is 0 Å². The van der Waals surface area contributed by atoms with E-state index in [1.54, 1.807) is 6.20 Å². The van der Waals surface area contributed by atoms with Crippen LogP contribution in [0.3, 0.4) is 0 Å². The summed E-state index contributed by atoms with van der Waals surface area (Å²) in [5, 5.41) is 0.227. The van der Waals surface area contributed by atoms with Gasteiger partial charge in [-0.15, -0.1) is 11.8 Å². The molecule has 0 saturated carbocycles. The standard InChI is InChI=1S/C20H33N3OS/c1-4-5-6-7-8-9-12-18-19(24)23(15-14-22(2)3)20(25-18)17-11-10-13-21-16-17/h10-11,13,16,18,20H,4-9,12,14-15H2,1-3H3/t18-,20-/m0/s1. The average Bonchev–Trinajstić information content (AvgIpc) is 2.93. The van der Waals surface area contributed by atoms with E-state index in [2.05, 4.69) is 41.9 Å². The number of amides is 1. The molecule has 5 heteroatoms. The number of carbonyl (C=O) groups excluding carboxylic acids is 1. The predicted octanol–water partition coefficient (Wildman–Crippen LogP) is 4.34. The third kappa shape index (κ3) is 6.30. The van der Waals surface area contributed by atoms with Crippen molar-refractivity contribution in [2.45, 2.75) is 62.5 Å². The van der Waals surface area contributed by atoms with E-state index in [0.717, 1.165) is 31.5 Å². The van der Waals surface area contributed by atoms with Crippen molar-refractivity contribution in [2.75, 3.05) is 27.2 Å². The van der Waals surface area contributed by atoms with Gasteiger partial charge in [0.2, 0.25) is 5.91 Å². The van der Waals surface area contributed by atoms with Crippen molar-refractivity contribution in [1.29, 1.82) is 0 Å². The fraction of sp³-hybridized carbons (Fsp3) is 0.700. The van der Waals surface area contributed by atoms with Crippen molar-refractivity contribution < 1.29 is 4.79 Å². The number of likely N-dealkylation sites (N-methyl/N-ethyl adjacent to an activating group) is 1. The zero-order valence-electron chi connectivity index (χ0n) is 16.0. The van der Waals surface area contributed by atoms with Gasteiger partial charge in [0.15, 0.2) is 0 Å². The molecule has 2 heterocycles. The summed E-state index contributed by atoms with van der Waals surface area (Å²) < 4.78 is 0. The minimum Gasteiger partial charge on any atom is -0.324 e. The maximum Gasteiger partial charge on any atom is 0.236 e. The van der Waals surface area contributed by atoms with Crippen LogP contribution in [-0.2, 0) is 4.79 Å². The van der Waals surface area contributed by atoms with Gasteiger partial charge in [-0.2, -0.15) is 0 Å². The third-order valence-corrected chi connectivity index (χ3v) is 6.26. The molecule has 1 saturated heterocycles. The van der Waals surface area contributed by atoms with Gasteiger partial charge in [0.1, 0.15) is 5.37 Å². The summed E-state index contributed by atoms with van der Waals surface area (Å²) in [6.45, 7) is 3.92. The number of rotatable bonds is 11. The van der Waals surface area contributed by atoms with Crippen LogP contribution in [0.4, 0.5) is 0 Å². The van der Waals surface area contributed by atoms with Crippen LogP contribution in [0.2, 0.25) is 0 Å². The Labute approximate surface area is 157 Å². The van der Waals surface area contributed by atoms with E-state index < -0.39 is 0 Å². The molecule has 0 aliphatic carbocycles. The highest BCUT2D eigenvalue weighted by molar-refractivity contribution is 8.01. The highest BCUT2D eigenvalue weighted by Crippen LogP contribution is 2.44. The quantitative estimate of drug-likeness (QED) is 0.548. The number of pyridine rings is 1. The highest BCUT2D eigenvalue weighted by Gasteiger charge is 2.40. The summed E-state index contributed by atoms with van der Waals surface area (Å²) >= 11 is 1.82. The normalized spacial score (nSPS) is 20.6. The van der Waals surface area contributed by atoms with Gasteiger partial charge in [0.25, 0.3) is 0 Å². The van der Waals surface area contributed by atoms with Crippen molar-refractivity contribution >= 4 is 17.7 Å². The Morgan fingerprint density at radius 1 is 1.20 bits per heavy atom. The van der Waals surface area contributed by atoms with E-state index in [4.69, 9.17) is 0 Å². The number of carbonyl (C=O) groups is 1. The molecule has 0 unspecified atom stereocenters. The minimum absolute atomic E-state index is 0.110. The molecule has 4 nitrogen and oxygen atoms in total. The van der Waals surface area contributed by atoms with Gasteiger partial charge in [0, 0.05) is 31.0 Å². The molecular weight excluding hydrogens is 330 g/mol. The van der Waals surface area contributed by atoms with Gasteiger partial charge in [0.05, 0.1) is 5.25 Å². The first-order valence-electron chi connectivity index (χ1n) is 9.64. The van der Waals surface area contributed by atoms with Crippen LogP contribution in [0.25, 0.3) is 0 Å². The molecule has 1 aliphatic rings. The van der Waals surface area contributed by atoms with E-state index in [-0.39, 0.29) is 10.6 Å². The summed E-state index contributed by atoms with van der Waals surface area (Å²) in [5.74, 6) is 0.314. The smallest absolute Gasteiger partial charge is 0.236 e. The van der Waals surface area contributed by atoms with Crippen molar-refractivity contribution in [3.63, 3.8) is 0 Å². The Kier molecular flexibility index (Phi) is 8.76. The third-order valence-electron chi connectivity index (χ3n) is 4.71. The summed E-state index contributed by atoms with van der Waals surface area (Å²) in [6.07, 6.45) is 12.4. The number of nitrogens with zero attached hydrogens (tertiary/aromatic N) is 3. The first-order chi connectivity index (χ1) is 12.1. The Hall–Kier alpha value is -1.07. The molecule has 1 aromatic rings. The summed E-state index contributed by atoms with van der Waals surface area (Å²) in [4.78, 5) is 21.4. The number of hydrogen-bond acceptors (Lipinski definition) is 4. The van der Waals surface area contributed by atoms with Crippen LogP contribution in [-0.4, -0.2) is 53.1 Å². The van der Waals surface area contributed by atoms with E-state index in [1.807, 2.05) is 24.0 Å². The van der Waals surface area contributed by atoms with E-state index in [1.165, 1.54) is 32.1 Å². The van der Waals surface area contributed by atoms with Crippen LogP contribution >= 0.6 is 11.8 Å². The average molecular weight is 364 g/mol. The molecule has 0 spiro atoms. The van der Waals surface area contributed by atoms with Gasteiger partial charge in [-0.3, -0.25) is 9.78 Å². The Morgan fingerprint density at radius 3 is 2.64 bits per heavy atom. The molecule has 0 bridgehead atoms. The lowest BCUT2D eigenvalue weighted by Gasteiger charge is -2.25. The fourth-order valence-electron chi connectivity index (χ4n) is 3.21. The second-order valence-electron chi connectivity index (χ2n) is 7.15. The molecule has 1 aliphatic heterocycles. The van der Waals surface area contributed by atoms with E-state index in [0.29, 0.717) is 5.91 Å². The van der Waals surface area contributed by atoms with Crippen LogP contribution in [0.1, 0.15) is 62.8 Å². The Bertz CT molecular complexity index is 509. The van der Waals surface area contributed by atoms with Gasteiger partial charge < -0.3 is 9.80 Å². The van der Waals surface area contributed by atoms with Gasteiger partial charge >= 0.3 is 0 Å². The van der Waals surface area contributed by atoms with Gasteiger partial charge in [-0.05, 0) is 26.6 Å². The lowest BCUT2D eigenvalue weighted by Crippen LogP contribution is -2.36. The van der Waals surface area contributed by atoms with Crippen LogP contribution < -0.4 is 0 Å². The molecule has 140 valence electrons. The minimum atomic E-state index is 0.110.